The van der Waals surface area contributed by atoms with Crippen LogP contribution in [-0.4, -0.2) is 42.6 Å². The first-order chi connectivity index (χ1) is 12.5. The Morgan fingerprint density at radius 3 is 2.73 bits per heavy atom. The Morgan fingerprint density at radius 2 is 1.96 bits per heavy atom. The van der Waals surface area contributed by atoms with Gasteiger partial charge in [-0.1, -0.05) is 25.0 Å². The molecule has 0 N–H and O–H groups in total. The number of benzene rings is 1. The molecule has 1 saturated heterocycles. The van der Waals surface area contributed by atoms with Crippen molar-refractivity contribution in [2.45, 2.75) is 64.5 Å². The van der Waals surface area contributed by atoms with Gasteiger partial charge in [0.2, 0.25) is 5.91 Å². The number of rotatable bonds is 5. The lowest BCUT2D eigenvalue weighted by Gasteiger charge is -2.33. The summed E-state index contributed by atoms with van der Waals surface area (Å²) in [5, 5.41) is 0. The lowest BCUT2D eigenvalue weighted by Crippen LogP contribution is -2.46. The first kappa shape index (κ1) is 18.7. The second-order valence-corrected chi connectivity index (χ2v) is 7.48. The molecule has 3 unspecified atom stereocenters. The van der Waals surface area contributed by atoms with Crippen LogP contribution in [0.25, 0.3) is 0 Å². The van der Waals surface area contributed by atoms with E-state index < -0.39 is 6.04 Å². The Kier molecular flexibility index (Phi) is 5.84. The fourth-order valence-corrected chi connectivity index (χ4v) is 4.42. The SMILES string of the molecule is COC(=O)C1CC2CCCCC2N1C(=O)CCOc1cccc(C)c1C. The number of carbonyl (C=O) groups excluding carboxylic acids is 2. The number of amides is 1. The van der Waals surface area contributed by atoms with Crippen LogP contribution in [0.3, 0.4) is 0 Å². The number of ether oxygens (including phenoxy) is 2. The first-order valence-corrected chi connectivity index (χ1v) is 9.61. The van der Waals surface area contributed by atoms with Crippen molar-refractivity contribution in [3.8, 4) is 5.75 Å². The number of hydrogen-bond acceptors (Lipinski definition) is 4. The fourth-order valence-electron chi connectivity index (χ4n) is 4.42. The molecule has 5 heteroatoms. The molecular weight excluding hydrogens is 330 g/mol. The van der Waals surface area contributed by atoms with Crippen LogP contribution in [0.15, 0.2) is 18.2 Å². The average Bonchev–Trinajstić information content (AvgIpc) is 3.04. The molecule has 1 aliphatic heterocycles. The van der Waals surface area contributed by atoms with E-state index in [9.17, 15) is 9.59 Å². The molecule has 0 bridgehead atoms. The zero-order valence-corrected chi connectivity index (χ0v) is 16.0. The molecule has 3 atom stereocenters. The minimum Gasteiger partial charge on any atom is -0.493 e. The van der Waals surface area contributed by atoms with Crippen LogP contribution in [0, 0.1) is 19.8 Å². The topological polar surface area (TPSA) is 55.8 Å². The van der Waals surface area contributed by atoms with Crippen molar-refractivity contribution in [3.63, 3.8) is 0 Å². The van der Waals surface area contributed by atoms with Gasteiger partial charge < -0.3 is 14.4 Å². The molecule has 0 aromatic heterocycles. The third-order valence-corrected chi connectivity index (χ3v) is 5.98. The van der Waals surface area contributed by atoms with Crippen molar-refractivity contribution in [1.82, 2.24) is 4.90 Å². The molecule has 1 saturated carbocycles. The molecule has 1 amide bonds. The normalized spacial score (nSPS) is 24.9. The van der Waals surface area contributed by atoms with Crippen LogP contribution in [0.2, 0.25) is 0 Å². The number of aryl methyl sites for hydroxylation is 1. The number of methoxy groups -OCH3 is 1. The van der Waals surface area contributed by atoms with E-state index in [1.165, 1.54) is 19.1 Å². The Labute approximate surface area is 155 Å². The van der Waals surface area contributed by atoms with E-state index in [2.05, 4.69) is 0 Å². The first-order valence-electron chi connectivity index (χ1n) is 9.61. The second-order valence-electron chi connectivity index (χ2n) is 7.48. The summed E-state index contributed by atoms with van der Waals surface area (Å²) >= 11 is 0. The molecule has 0 spiro atoms. The van der Waals surface area contributed by atoms with Gasteiger partial charge in [-0.25, -0.2) is 4.79 Å². The minimum absolute atomic E-state index is 0.0000983. The summed E-state index contributed by atoms with van der Waals surface area (Å²) in [5.74, 6) is 0.958. The van der Waals surface area contributed by atoms with E-state index in [-0.39, 0.29) is 24.3 Å². The molecule has 26 heavy (non-hydrogen) atoms. The zero-order valence-electron chi connectivity index (χ0n) is 16.0. The number of fused-ring (bicyclic) bond motifs is 1. The fraction of sp³-hybridized carbons (Fsp3) is 0.619. The van der Waals surface area contributed by atoms with E-state index in [0.717, 1.165) is 37.0 Å². The maximum absolute atomic E-state index is 12.9. The van der Waals surface area contributed by atoms with Crippen LogP contribution >= 0.6 is 0 Å². The van der Waals surface area contributed by atoms with Crippen molar-refractivity contribution >= 4 is 11.9 Å². The molecule has 142 valence electrons. The molecule has 5 nitrogen and oxygen atoms in total. The number of carbonyl (C=O) groups is 2. The number of nitrogens with zero attached hydrogens (tertiary/aromatic N) is 1. The van der Waals surface area contributed by atoms with Crippen molar-refractivity contribution in [2.24, 2.45) is 5.92 Å². The lowest BCUT2D eigenvalue weighted by atomic mass is 9.84. The maximum atomic E-state index is 12.9. The molecule has 2 fully saturated rings. The quantitative estimate of drug-likeness (QED) is 0.756. The lowest BCUT2D eigenvalue weighted by molar-refractivity contribution is -0.152. The number of likely N-dealkylation sites (tertiary alicyclic amines) is 1. The molecule has 0 radical (unpaired) electrons. The van der Waals surface area contributed by atoms with E-state index >= 15 is 0 Å². The summed E-state index contributed by atoms with van der Waals surface area (Å²) in [5.41, 5.74) is 2.27. The van der Waals surface area contributed by atoms with E-state index in [1.807, 2.05) is 36.9 Å². The van der Waals surface area contributed by atoms with Gasteiger partial charge in [-0.3, -0.25) is 4.79 Å². The molecule has 1 aromatic rings. The van der Waals surface area contributed by atoms with Gasteiger partial charge in [0.15, 0.2) is 0 Å². The van der Waals surface area contributed by atoms with E-state index in [0.29, 0.717) is 12.5 Å². The van der Waals surface area contributed by atoms with Gasteiger partial charge >= 0.3 is 5.97 Å². The molecule has 1 heterocycles. The predicted octanol–water partition coefficient (Wildman–Crippen LogP) is 3.41. The third-order valence-electron chi connectivity index (χ3n) is 5.98. The van der Waals surface area contributed by atoms with Crippen LogP contribution < -0.4 is 4.74 Å². The Bertz CT molecular complexity index is 672. The van der Waals surface area contributed by atoms with Crippen LogP contribution in [0.1, 0.15) is 49.7 Å². The monoisotopic (exact) mass is 359 g/mol. The average molecular weight is 359 g/mol. The number of esters is 1. The van der Waals surface area contributed by atoms with E-state index in [1.54, 1.807) is 0 Å². The summed E-state index contributed by atoms with van der Waals surface area (Å²) in [6, 6.07) is 5.68. The van der Waals surface area contributed by atoms with Crippen LogP contribution in [-0.2, 0) is 14.3 Å². The van der Waals surface area contributed by atoms with Gasteiger partial charge in [0.25, 0.3) is 0 Å². The molecule has 2 aliphatic rings. The molecular formula is C21H29NO4. The standard InChI is InChI=1S/C21H29NO4/c1-14-7-6-10-19(15(14)2)26-12-11-20(23)22-17-9-5-4-8-16(17)13-18(22)21(24)25-3/h6-7,10,16-18H,4-5,8-9,11-13H2,1-3H3. The summed E-state index contributed by atoms with van der Waals surface area (Å²) in [4.78, 5) is 26.9. The van der Waals surface area contributed by atoms with Crippen LogP contribution in [0.4, 0.5) is 0 Å². The van der Waals surface area contributed by atoms with Crippen molar-refractivity contribution in [3.05, 3.63) is 29.3 Å². The summed E-state index contributed by atoms with van der Waals surface area (Å²) < 4.78 is 10.8. The van der Waals surface area contributed by atoms with Crippen molar-refractivity contribution in [1.29, 1.82) is 0 Å². The summed E-state index contributed by atoms with van der Waals surface area (Å²) in [7, 11) is 1.40. The van der Waals surface area contributed by atoms with Gasteiger partial charge in [-0.15, -0.1) is 0 Å². The van der Waals surface area contributed by atoms with Gasteiger partial charge in [-0.05, 0) is 56.2 Å². The Morgan fingerprint density at radius 1 is 1.19 bits per heavy atom. The molecule has 1 aromatic carbocycles. The highest BCUT2D eigenvalue weighted by Gasteiger charge is 2.47. The minimum atomic E-state index is -0.429. The zero-order chi connectivity index (χ0) is 18.7. The summed E-state index contributed by atoms with van der Waals surface area (Å²) in [6.45, 7) is 4.39. The van der Waals surface area contributed by atoms with Crippen molar-refractivity contribution < 1.29 is 19.1 Å². The van der Waals surface area contributed by atoms with Gasteiger partial charge in [0, 0.05) is 6.04 Å². The predicted molar refractivity (Wildman–Crippen MR) is 99.0 cm³/mol. The smallest absolute Gasteiger partial charge is 0.328 e. The van der Waals surface area contributed by atoms with Crippen LogP contribution in [0.5, 0.6) is 5.75 Å². The highest BCUT2D eigenvalue weighted by atomic mass is 16.5. The molecule has 1 aliphatic carbocycles. The Balaban J connectivity index is 1.64. The largest absolute Gasteiger partial charge is 0.493 e. The van der Waals surface area contributed by atoms with E-state index in [4.69, 9.17) is 9.47 Å². The van der Waals surface area contributed by atoms with Gasteiger partial charge in [0.1, 0.15) is 11.8 Å². The maximum Gasteiger partial charge on any atom is 0.328 e. The van der Waals surface area contributed by atoms with Crippen molar-refractivity contribution in [2.75, 3.05) is 13.7 Å². The Hall–Kier alpha value is -2.04. The number of hydrogen-bond donors (Lipinski definition) is 0. The highest BCUT2D eigenvalue weighted by Crippen LogP contribution is 2.40. The third kappa shape index (κ3) is 3.71. The highest BCUT2D eigenvalue weighted by molar-refractivity contribution is 5.85. The van der Waals surface area contributed by atoms with Gasteiger partial charge in [0.05, 0.1) is 20.1 Å². The van der Waals surface area contributed by atoms with Gasteiger partial charge in [-0.2, -0.15) is 0 Å². The molecule has 3 rings (SSSR count). The second kappa shape index (κ2) is 8.11. The summed E-state index contributed by atoms with van der Waals surface area (Å²) in [6.07, 6.45) is 5.42.